The molecule has 0 aliphatic heterocycles. The van der Waals surface area contributed by atoms with Crippen LogP contribution in [-0.2, 0) is 14.3 Å². The van der Waals surface area contributed by atoms with Crippen LogP contribution in [0.25, 0.3) is 0 Å². The molecule has 0 saturated carbocycles. The summed E-state index contributed by atoms with van der Waals surface area (Å²) < 4.78 is 4.75. The lowest BCUT2D eigenvalue weighted by Crippen LogP contribution is -2.34. The Bertz CT molecular complexity index is 517. The van der Waals surface area contributed by atoms with Crippen molar-refractivity contribution in [2.24, 2.45) is 0 Å². The molecule has 0 aliphatic rings. The third-order valence-corrected chi connectivity index (χ3v) is 2.97. The van der Waals surface area contributed by atoms with E-state index in [0.717, 1.165) is 12.8 Å². The number of unbranched alkanes of at least 4 members (excludes halogenated alkanes) is 1. The van der Waals surface area contributed by atoms with Crippen LogP contribution in [0.3, 0.4) is 0 Å². The van der Waals surface area contributed by atoms with E-state index in [9.17, 15) is 14.4 Å². The molecule has 1 aromatic carbocycles. The first-order chi connectivity index (χ1) is 10.5. The minimum absolute atomic E-state index is 0.302. The van der Waals surface area contributed by atoms with Crippen LogP contribution < -0.4 is 10.6 Å². The van der Waals surface area contributed by atoms with E-state index in [0.29, 0.717) is 17.1 Å². The predicted molar refractivity (Wildman–Crippen MR) is 82.7 cm³/mol. The summed E-state index contributed by atoms with van der Waals surface area (Å²) in [6.45, 7) is 1.92. The third kappa shape index (κ3) is 7.08. The van der Waals surface area contributed by atoms with Gasteiger partial charge in [-0.3, -0.25) is 14.4 Å². The molecule has 0 bridgehead atoms. The number of halogens is 1. The molecule has 7 heteroatoms. The van der Waals surface area contributed by atoms with Gasteiger partial charge in [-0.1, -0.05) is 24.9 Å². The zero-order valence-electron chi connectivity index (χ0n) is 12.4. The lowest BCUT2D eigenvalue weighted by molar-refractivity contribution is -0.147. The summed E-state index contributed by atoms with van der Waals surface area (Å²) in [7, 11) is 0. The minimum Gasteiger partial charge on any atom is -0.454 e. The zero-order valence-corrected chi connectivity index (χ0v) is 13.1. The van der Waals surface area contributed by atoms with E-state index >= 15 is 0 Å². The van der Waals surface area contributed by atoms with Gasteiger partial charge in [-0.05, 0) is 30.7 Å². The van der Waals surface area contributed by atoms with Gasteiger partial charge in [0.2, 0.25) is 0 Å². The van der Waals surface area contributed by atoms with Gasteiger partial charge in [0.05, 0.1) is 0 Å². The molecule has 6 nitrogen and oxygen atoms in total. The Morgan fingerprint density at radius 3 is 2.45 bits per heavy atom. The average Bonchev–Trinajstić information content (AvgIpc) is 2.51. The second-order valence-electron chi connectivity index (χ2n) is 4.55. The molecule has 0 heterocycles. The van der Waals surface area contributed by atoms with Gasteiger partial charge in [0.1, 0.15) is 6.54 Å². The molecule has 0 unspecified atom stereocenters. The lowest BCUT2D eigenvalue weighted by atomic mass is 10.2. The van der Waals surface area contributed by atoms with Crippen molar-refractivity contribution in [1.29, 1.82) is 0 Å². The van der Waals surface area contributed by atoms with Gasteiger partial charge in [0, 0.05) is 17.1 Å². The number of carbonyl (C=O) groups is 3. The number of amides is 2. The van der Waals surface area contributed by atoms with E-state index in [4.69, 9.17) is 16.3 Å². The highest BCUT2D eigenvalue weighted by Gasteiger charge is 2.10. The molecule has 0 aliphatic carbocycles. The standard InChI is InChI=1S/C15H19ClN2O4/c1-2-3-8-17-13(19)10-22-14(20)9-18-15(21)11-4-6-12(16)7-5-11/h4-7H,2-3,8-10H2,1H3,(H,17,19)(H,18,21). The molecule has 0 aromatic heterocycles. The first-order valence-electron chi connectivity index (χ1n) is 6.99. The summed E-state index contributed by atoms with van der Waals surface area (Å²) in [4.78, 5) is 34.5. The van der Waals surface area contributed by atoms with E-state index in [-0.39, 0.29) is 19.1 Å². The molecule has 0 saturated heterocycles. The van der Waals surface area contributed by atoms with E-state index < -0.39 is 11.9 Å². The molecule has 0 atom stereocenters. The van der Waals surface area contributed by atoms with E-state index in [1.165, 1.54) is 0 Å². The van der Waals surface area contributed by atoms with E-state index in [1.807, 2.05) is 6.92 Å². The fourth-order valence-corrected chi connectivity index (χ4v) is 1.63. The smallest absolute Gasteiger partial charge is 0.325 e. The van der Waals surface area contributed by atoms with Gasteiger partial charge in [0.25, 0.3) is 11.8 Å². The SMILES string of the molecule is CCCCNC(=O)COC(=O)CNC(=O)c1ccc(Cl)cc1. The first-order valence-corrected chi connectivity index (χ1v) is 7.36. The maximum Gasteiger partial charge on any atom is 0.325 e. The number of hydrogen-bond acceptors (Lipinski definition) is 4. The van der Waals surface area contributed by atoms with E-state index in [2.05, 4.69) is 10.6 Å². The van der Waals surface area contributed by atoms with Crippen molar-refractivity contribution in [3.05, 3.63) is 34.9 Å². The molecule has 22 heavy (non-hydrogen) atoms. The van der Waals surface area contributed by atoms with Crippen molar-refractivity contribution in [3.8, 4) is 0 Å². The van der Waals surface area contributed by atoms with Crippen LogP contribution >= 0.6 is 11.6 Å². The molecular weight excluding hydrogens is 308 g/mol. The molecule has 120 valence electrons. The van der Waals surface area contributed by atoms with E-state index in [1.54, 1.807) is 24.3 Å². The maximum atomic E-state index is 11.7. The Morgan fingerprint density at radius 1 is 1.14 bits per heavy atom. The number of benzene rings is 1. The highest BCUT2D eigenvalue weighted by atomic mass is 35.5. The van der Waals surface area contributed by atoms with Gasteiger partial charge in [-0.25, -0.2) is 0 Å². The molecular formula is C15H19ClN2O4. The van der Waals surface area contributed by atoms with Crippen LogP contribution in [0.1, 0.15) is 30.1 Å². The van der Waals surface area contributed by atoms with Crippen LogP contribution in [0.5, 0.6) is 0 Å². The van der Waals surface area contributed by atoms with Gasteiger partial charge in [-0.15, -0.1) is 0 Å². The van der Waals surface area contributed by atoms with Gasteiger partial charge in [0.15, 0.2) is 6.61 Å². The van der Waals surface area contributed by atoms with Crippen molar-refractivity contribution in [3.63, 3.8) is 0 Å². The second kappa shape index (κ2) is 9.78. The molecule has 0 radical (unpaired) electrons. The fourth-order valence-electron chi connectivity index (χ4n) is 1.51. The lowest BCUT2D eigenvalue weighted by Gasteiger charge is -2.07. The van der Waals surface area contributed by atoms with Gasteiger partial charge in [-0.2, -0.15) is 0 Å². The van der Waals surface area contributed by atoms with Gasteiger partial charge >= 0.3 is 5.97 Å². The van der Waals surface area contributed by atoms with Crippen LogP contribution in [0.4, 0.5) is 0 Å². The Morgan fingerprint density at radius 2 is 1.82 bits per heavy atom. The summed E-state index contributed by atoms with van der Waals surface area (Å²) in [6.07, 6.45) is 1.84. The molecule has 0 spiro atoms. The van der Waals surface area contributed by atoms with Gasteiger partial charge < -0.3 is 15.4 Å². The van der Waals surface area contributed by atoms with Crippen molar-refractivity contribution in [2.75, 3.05) is 19.7 Å². The summed E-state index contributed by atoms with van der Waals surface area (Å²) >= 11 is 5.72. The summed E-state index contributed by atoms with van der Waals surface area (Å²) in [6, 6.07) is 6.25. The number of hydrogen-bond donors (Lipinski definition) is 2. The largest absolute Gasteiger partial charge is 0.454 e. The first kappa shape index (κ1) is 18.0. The number of nitrogens with one attached hydrogen (secondary N) is 2. The highest BCUT2D eigenvalue weighted by molar-refractivity contribution is 6.30. The Kier molecular flexibility index (Phi) is 7.99. The Balaban J connectivity index is 2.24. The van der Waals surface area contributed by atoms with Crippen molar-refractivity contribution < 1.29 is 19.1 Å². The van der Waals surface area contributed by atoms with Crippen molar-refractivity contribution >= 4 is 29.4 Å². The van der Waals surface area contributed by atoms with Crippen LogP contribution in [0.2, 0.25) is 5.02 Å². The fraction of sp³-hybridized carbons (Fsp3) is 0.400. The third-order valence-electron chi connectivity index (χ3n) is 2.72. The minimum atomic E-state index is -0.673. The predicted octanol–water partition coefficient (Wildman–Crippen LogP) is 1.53. The Hall–Kier alpha value is -2.08. The highest BCUT2D eigenvalue weighted by Crippen LogP contribution is 2.09. The Labute approximate surface area is 134 Å². The normalized spacial score (nSPS) is 9.91. The van der Waals surface area contributed by atoms with Crippen LogP contribution in [-0.4, -0.2) is 37.5 Å². The van der Waals surface area contributed by atoms with Crippen molar-refractivity contribution in [2.45, 2.75) is 19.8 Å². The number of rotatable bonds is 8. The van der Waals surface area contributed by atoms with Crippen LogP contribution in [0.15, 0.2) is 24.3 Å². The quantitative estimate of drug-likeness (QED) is 0.560. The monoisotopic (exact) mass is 326 g/mol. The van der Waals surface area contributed by atoms with Crippen LogP contribution in [0, 0.1) is 0 Å². The second-order valence-corrected chi connectivity index (χ2v) is 4.99. The molecule has 0 fully saturated rings. The average molecular weight is 327 g/mol. The number of esters is 1. The topological polar surface area (TPSA) is 84.5 Å². The molecule has 2 N–H and O–H groups in total. The van der Waals surface area contributed by atoms with Crippen molar-refractivity contribution in [1.82, 2.24) is 10.6 Å². The molecule has 1 rings (SSSR count). The molecule has 2 amide bonds. The summed E-state index contributed by atoms with van der Waals surface area (Å²) in [5.74, 6) is -1.44. The summed E-state index contributed by atoms with van der Waals surface area (Å²) in [5.41, 5.74) is 0.384. The summed E-state index contributed by atoms with van der Waals surface area (Å²) in [5, 5.41) is 5.54. The zero-order chi connectivity index (χ0) is 16.4. The number of carbonyl (C=O) groups excluding carboxylic acids is 3. The molecule has 1 aromatic rings. The maximum absolute atomic E-state index is 11.7. The number of ether oxygens (including phenoxy) is 1.